The lowest BCUT2D eigenvalue weighted by atomic mass is 10.0. The van der Waals surface area contributed by atoms with Crippen LogP contribution in [0.3, 0.4) is 0 Å². The van der Waals surface area contributed by atoms with Crippen LogP contribution in [0.2, 0.25) is 0 Å². The summed E-state index contributed by atoms with van der Waals surface area (Å²) in [5, 5.41) is 6.68. The zero-order chi connectivity index (χ0) is 21.1. The molecule has 160 valence electrons. The summed E-state index contributed by atoms with van der Waals surface area (Å²) in [4.78, 5) is 30.1. The number of aromatic nitrogens is 2. The summed E-state index contributed by atoms with van der Waals surface area (Å²) in [7, 11) is 0. The summed E-state index contributed by atoms with van der Waals surface area (Å²) in [6.07, 6.45) is 1.56. The van der Waals surface area contributed by atoms with Crippen molar-refractivity contribution in [1.82, 2.24) is 14.7 Å². The lowest BCUT2D eigenvalue weighted by Gasteiger charge is -2.10. The number of carbonyl (C=O) groups excluding carboxylic acids is 1. The molecule has 0 saturated heterocycles. The minimum Gasteiger partial charge on any atom is -0.383 e. The molecule has 4 aromatic rings. The third kappa shape index (κ3) is 4.86. The van der Waals surface area contributed by atoms with Gasteiger partial charge >= 0.3 is 0 Å². The Hall–Kier alpha value is -3.38. The number of pyridine rings is 1. The van der Waals surface area contributed by atoms with Crippen LogP contribution in [0.5, 0.6) is 0 Å². The van der Waals surface area contributed by atoms with Gasteiger partial charge in [-0.25, -0.2) is 4.98 Å². The van der Waals surface area contributed by atoms with Gasteiger partial charge in [0.1, 0.15) is 5.65 Å². The number of fused-ring (bicyclic) bond motifs is 2. The number of nitrogens with zero attached hydrogens (tertiary/aromatic N) is 2. The normalized spacial score (nSPS) is 10.8. The van der Waals surface area contributed by atoms with Crippen LogP contribution >= 0.6 is 12.4 Å². The van der Waals surface area contributed by atoms with Crippen LogP contribution in [-0.4, -0.2) is 28.4 Å². The molecule has 7 heteroatoms. The van der Waals surface area contributed by atoms with Crippen molar-refractivity contribution in [1.29, 1.82) is 0 Å². The summed E-state index contributed by atoms with van der Waals surface area (Å²) in [6, 6.07) is 19.0. The maximum absolute atomic E-state index is 13.0. The van der Waals surface area contributed by atoms with Crippen molar-refractivity contribution in [3.05, 3.63) is 88.3 Å². The van der Waals surface area contributed by atoms with E-state index in [2.05, 4.69) is 29.5 Å². The number of anilines is 1. The molecular weight excluding hydrogens is 412 g/mol. The maximum Gasteiger partial charge on any atom is 0.265 e. The maximum atomic E-state index is 13.0. The fraction of sp³-hybridized carbons (Fsp3) is 0.208. The Morgan fingerprint density at radius 1 is 1.03 bits per heavy atom. The molecule has 2 aromatic carbocycles. The van der Waals surface area contributed by atoms with Gasteiger partial charge in [-0.05, 0) is 47.9 Å². The molecule has 2 N–H and O–H groups in total. The van der Waals surface area contributed by atoms with Crippen LogP contribution in [0.1, 0.15) is 35.7 Å². The molecule has 0 fully saturated rings. The molecule has 0 spiro atoms. The summed E-state index contributed by atoms with van der Waals surface area (Å²) in [5.41, 5.74) is 3.52. The van der Waals surface area contributed by atoms with Gasteiger partial charge in [-0.3, -0.25) is 14.0 Å². The Labute approximate surface area is 186 Å². The lowest BCUT2D eigenvalue weighted by molar-refractivity contribution is 0.0954. The molecule has 0 atom stereocenters. The Bertz CT molecular complexity index is 1270. The highest BCUT2D eigenvalue weighted by molar-refractivity contribution is 5.94. The van der Waals surface area contributed by atoms with E-state index in [0.717, 1.165) is 11.3 Å². The fourth-order valence-electron chi connectivity index (χ4n) is 3.36. The third-order valence-electron chi connectivity index (χ3n) is 5.07. The largest absolute Gasteiger partial charge is 0.383 e. The van der Waals surface area contributed by atoms with E-state index in [-0.39, 0.29) is 23.9 Å². The first kappa shape index (κ1) is 22.3. The molecule has 0 saturated carbocycles. The number of halogens is 1. The first-order valence-electron chi connectivity index (χ1n) is 10.1. The Kier molecular flexibility index (Phi) is 6.92. The molecule has 0 aliphatic heterocycles. The highest BCUT2D eigenvalue weighted by Crippen LogP contribution is 2.19. The topological polar surface area (TPSA) is 75.5 Å². The molecule has 4 rings (SSSR count). The van der Waals surface area contributed by atoms with Crippen LogP contribution in [0.15, 0.2) is 71.7 Å². The lowest BCUT2D eigenvalue weighted by Crippen LogP contribution is -2.29. The number of hydrogen-bond donors (Lipinski definition) is 2. The summed E-state index contributed by atoms with van der Waals surface area (Å²) in [6.45, 7) is 5.24. The number of benzene rings is 2. The van der Waals surface area contributed by atoms with E-state index >= 15 is 0 Å². The molecule has 0 bridgehead atoms. The van der Waals surface area contributed by atoms with E-state index in [1.165, 1.54) is 4.40 Å². The quantitative estimate of drug-likeness (QED) is 0.350. The van der Waals surface area contributed by atoms with Crippen molar-refractivity contribution in [2.75, 3.05) is 18.4 Å². The Balaban J connectivity index is 0.00000272. The van der Waals surface area contributed by atoms with Crippen molar-refractivity contribution in [2.24, 2.45) is 0 Å². The minimum absolute atomic E-state index is 0. The van der Waals surface area contributed by atoms with Crippen LogP contribution in [0.4, 0.5) is 5.69 Å². The van der Waals surface area contributed by atoms with Gasteiger partial charge in [0.15, 0.2) is 0 Å². The molecular formula is C24H25ClN4O2. The molecule has 6 nitrogen and oxygen atoms in total. The Morgan fingerprint density at radius 2 is 1.81 bits per heavy atom. The van der Waals surface area contributed by atoms with Crippen molar-refractivity contribution in [3.63, 3.8) is 0 Å². The van der Waals surface area contributed by atoms with Gasteiger partial charge in [-0.15, -0.1) is 12.4 Å². The predicted octanol–water partition coefficient (Wildman–Crippen LogP) is 4.23. The second-order valence-electron chi connectivity index (χ2n) is 7.54. The van der Waals surface area contributed by atoms with Crippen LogP contribution in [0, 0.1) is 0 Å². The van der Waals surface area contributed by atoms with Gasteiger partial charge in [-0.2, -0.15) is 0 Å². The summed E-state index contributed by atoms with van der Waals surface area (Å²) < 4.78 is 1.45. The highest BCUT2D eigenvalue weighted by Gasteiger charge is 2.11. The summed E-state index contributed by atoms with van der Waals surface area (Å²) >= 11 is 0. The average Bonchev–Trinajstić information content (AvgIpc) is 2.77. The molecule has 31 heavy (non-hydrogen) atoms. The molecule has 0 radical (unpaired) electrons. The summed E-state index contributed by atoms with van der Waals surface area (Å²) in [5.74, 6) is 0.0887. The SMILES string of the molecule is CC(C)c1ccc2nc3ccc(C(=O)NCCNc4ccccc4)cn3c(=O)c2c1.Cl. The van der Waals surface area contributed by atoms with Gasteiger partial charge in [0.2, 0.25) is 0 Å². The van der Waals surface area contributed by atoms with Gasteiger partial charge in [0.05, 0.1) is 16.5 Å². The van der Waals surface area contributed by atoms with Crippen LogP contribution < -0.4 is 16.2 Å². The molecule has 2 aromatic heterocycles. The smallest absolute Gasteiger partial charge is 0.265 e. The zero-order valence-corrected chi connectivity index (χ0v) is 18.3. The van der Waals surface area contributed by atoms with Crippen molar-refractivity contribution in [2.45, 2.75) is 19.8 Å². The van der Waals surface area contributed by atoms with Gasteiger partial charge in [0.25, 0.3) is 11.5 Å². The first-order valence-corrected chi connectivity index (χ1v) is 10.1. The fourth-order valence-corrected chi connectivity index (χ4v) is 3.36. The minimum atomic E-state index is -0.227. The monoisotopic (exact) mass is 436 g/mol. The molecule has 1 amide bonds. The van der Waals surface area contributed by atoms with E-state index in [0.29, 0.717) is 41.1 Å². The number of rotatable bonds is 6. The number of carbonyl (C=O) groups is 1. The standard InChI is InChI=1S/C24H24N4O2.ClH/c1-16(2)17-8-10-21-20(14-17)24(30)28-15-18(9-11-22(28)27-21)23(29)26-13-12-25-19-6-4-3-5-7-19;/h3-11,14-16,25H,12-13H2,1-2H3,(H,26,29);1H. The number of nitrogens with one attached hydrogen (secondary N) is 2. The average molecular weight is 437 g/mol. The predicted molar refractivity (Wildman–Crippen MR) is 128 cm³/mol. The second-order valence-corrected chi connectivity index (χ2v) is 7.54. The highest BCUT2D eigenvalue weighted by atomic mass is 35.5. The zero-order valence-electron chi connectivity index (χ0n) is 17.5. The van der Waals surface area contributed by atoms with Crippen LogP contribution in [0.25, 0.3) is 16.6 Å². The molecule has 2 heterocycles. The van der Waals surface area contributed by atoms with E-state index < -0.39 is 0 Å². The van der Waals surface area contributed by atoms with Crippen molar-refractivity contribution in [3.8, 4) is 0 Å². The van der Waals surface area contributed by atoms with Gasteiger partial charge in [0, 0.05) is 25.0 Å². The number of hydrogen-bond acceptors (Lipinski definition) is 4. The molecule has 0 unspecified atom stereocenters. The van der Waals surface area contributed by atoms with Crippen LogP contribution in [-0.2, 0) is 0 Å². The van der Waals surface area contributed by atoms with Gasteiger partial charge < -0.3 is 10.6 Å². The van der Waals surface area contributed by atoms with E-state index in [1.54, 1.807) is 18.3 Å². The molecule has 0 aliphatic carbocycles. The Morgan fingerprint density at radius 3 is 2.55 bits per heavy atom. The third-order valence-corrected chi connectivity index (χ3v) is 5.07. The second kappa shape index (κ2) is 9.62. The molecule has 0 aliphatic rings. The van der Waals surface area contributed by atoms with Crippen molar-refractivity contribution < 1.29 is 4.79 Å². The van der Waals surface area contributed by atoms with Gasteiger partial charge in [-0.1, -0.05) is 38.1 Å². The first-order chi connectivity index (χ1) is 14.5. The van der Waals surface area contributed by atoms with E-state index in [9.17, 15) is 9.59 Å². The number of para-hydroxylation sites is 1. The van der Waals surface area contributed by atoms with E-state index in [1.807, 2.05) is 48.5 Å². The van der Waals surface area contributed by atoms with E-state index in [4.69, 9.17) is 0 Å². The van der Waals surface area contributed by atoms with Crippen molar-refractivity contribution >= 4 is 40.6 Å². The number of amides is 1.